The Morgan fingerprint density at radius 3 is 1.30 bits per heavy atom. The van der Waals surface area contributed by atoms with Gasteiger partial charge in [-0.1, -0.05) is 94.8 Å². The number of carboxylic acid groups (broad SMARTS) is 1. The number of nitrogens with two attached hydrogens (primary N) is 3. The molecule has 9 atom stereocenters. The van der Waals surface area contributed by atoms with Crippen molar-refractivity contribution in [2.45, 2.75) is 115 Å². The van der Waals surface area contributed by atoms with Crippen LogP contribution >= 0.6 is 0 Å². The number of aliphatic imine (C=N–C) groups is 1. The average Bonchev–Trinajstić information content (AvgIpc) is 3.70. The molecule has 0 aliphatic carbocycles. The summed E-state index contributed by atoms with van der Waals surface area (Å²) in [5.74, 6) is -13.5. The molecule has 22 N–H and O–H groups in total. The van der Waals surface area contributed by atoms with Crippen molar-refractivity contribution < 1.29 is 82.8 Å². The van der Waals surface area contributed by atoms with Gasteiger partial charge in [0.15, 0.2) is 5.96 Å². The molecule has 2 aromatic carbocycles. The van der Waals surface area contributed by atoms with Crippen molar-refractivity contribution in [2.75, 3.05) is 59.1 Å². The lowest BCUT2D eigenvalue weighted by Crippen LogP contribution is -2.60. The molecule has 2 rings (SSSR count). The molecule has 0 unspecified atom stereocenters. The van der Waals surface area contributed by atoms with Gasteiger partial charge in [-0.3, -0.25) is 67.3 Å². The number of carboxylic acids is 1. The molecule has 12 amide bonds. The van der Waals surface area contributed by atoms with Gasteiger partial charge in [-0.25, -0.2) is 0 Å². The van der Waals surface area contributed by atoms with Crippen LogP contribution in [0, 0.1) is 11.8 Å². The van der Waals surface area contributed by atoms with E-state index in [1.165, 1.54) is 0 Å². The molecule has 2 aromatic rings. The molecule has 0 fully saturated rings. The van der Waals surface area contributed by atoms with Crippen LogP contribution in [0.5, 0.6) is 0 Å². The summed E-state index contributed by atoms with van der Waals surface area (Å²) in [5.41, 5.74) is 17.5. The second kappa shape index (κ2) is 40.1. The van der Waals surface area contributed by atoms with E-state index in [4.69, 9.17) is 22.3 Å². The van der Waals surface area contributed by atoms with Gasteiger partial charge in [0.1, 0.15) is 54.9 Å². The predicted octanol–water partition coefficient (Wildman–Crippen LogP) is -8.02. The van der Waals surface area contributed by atoms with E-state index < -0.39 is 184 Å². The van der Waals surface area contributed by atoms with Crippen molar-refractivity contribution >= 4 is 82.8 Å². The summed E-state index contributed by atoms with van der Waals surface area (Å²) in [6.45, 7) is 0.344. The lowest BCUT2D eigenvalue weighted by Gasteiger charge is -2.26. The van der Waals surface area contributed by atoms with E-state index in [-0.39, 0.29) is 50.5 Å². The van der Waals surface area contributed by atoms with Crippen molar-refractivity contribution in [3.63, 3.8) is 0 Å². The summed E-state index contributed by atoms with van der Waals surface area (Å²) in [6.07, 6.45) is 0.0966. The average molecular weight is 1240 g/mol. The Balaban J connectivity index is 2.11. The topological polar surface area (TPSA) is 538 Å². The third-order valence-corrected chi connectivity index (χ3v) is 12.9. The van der Waals surface area contributed by atoms with Crippen LogP contribution in [-0.4, -0.2) is 211 Å². The van der Waals surface area contributed by atoms with Gasteiger partial charge >= 0.3 is 5.97 Å². The van der Waals surface area contributed by atoms with Gasteiger partial charge in [0.05, 0.1) is 46.0 Å². The highest BCUT2D eigenvalue weighted by molar-refractivity contribution is 5.98. The Labute approximate surface area is 507 Å². The van der Waals surface area contributed by atoms with Crippen LogP contribution in [0.25, 0.3) is 0 Å². The van der Waals surface area contributed by atoms with Crippen LogP contribution in [0.4, 0.5) is 0 Å². The molecule has 33 heteroatoms. The lowest BCUT2D eigenvalue weighted by atomic mass is 9.98. The van der Waals surface area contributed by atoms with Gasteiger partial charge in [-0.2, -0.15) is 0 Å². The summed E-state index contributed by atoms with van der Waals surface area (Å²) in [7, 11) is 0. The molecular weight excluding hydrogens is 1160 g/mol. The van der Waals surface area contributed by atoms with Crippen molar-refractivity contribution in [3.05, 3.63) is 71.8 Å². The summed E-state index contributed by atoms with van der Waals surface area (Å²) >= 11 is 0. The molecule has 88 heavy (non-hydrogen) atoms. The summed E-state index contributed by atoms with van der Waals surface area (Å²) in [6, 6.07) is 5.23. The largest absolute Gasteiger partial charge is 0.480 e. The fraction of sp³-hybridized carbons (Fsp3) is 0.527. The van der Waals surface area contributed by atoms with Gasteiger partial charge in [-0.05, 0) is 42.2 Å². The number of hydrogen-bond acceptors (Lipinski definition) is 18. The quantitative estimate of drug-likeness (QED) is 0.0167. The highest BCUT2D eigenvalue weighted by Crippen LogP contribution is 2.11. The van der Waals surface area contributed by atoms with Gasteiger partial charge in [0, 0.05) is 19.4 Å². The number of aliphatic carboxylic acids is 1. The number of nitrogens with one attached hydrogen (secondary N) is 12. The van der Waals surface area contributed by atoms with Gasteiger partial charge in [-0.15, -0.1) is 0 Å². The second-order valence-corrected chi connectivity index (χ2v) is 20.5. The molecule has 33 nitrogen and oxygen atoms in total. The molecule has 0 saturated heterocycles. The van der Waals surface area contributed by atoms with Gasteiger partial charge in [0.25, 0.3) is 0 Å². The maximum Gasteiger partial charge on any atom is 0.322 e. The van der Waals surface area contributed by atoms with Crippen molar-refractivity contribution in [3.8, 4) is 0 Å². The minimum Gasteiger partial charge on any atom is -0.480 e. The van der Waals surface area contributed by atoms with Crippen LogP contribution in [0.1, 0.15) is 64.5 Å². The van der Waals surface area contributed by atoms with E-state index >= 15 is 0 Å². The van der Waals surface area contributed by atoms with Crippen LogP contribution in [-0.2, 0) is 75.2 Å². The number of rotatable bonds is 40. The number of aliphatic hydroxyl groups is 3. The third kappa shape index (κ3) is 28.7. The molecule has 0 saturated carbocycles. The minimum atomic E-state index is -1.75. The maximum atomic E-state index is 14.0. The number of hydrogen-bond donors (Lipinski definition) is 19. The lowest BCUT2D eigenvalue weighted by molar-refractivity contribution is -0.139. The van der Waals surface area contributed by atoms with E-state index in [1.807, 2.05) is 5.32 Å². The van der Waals surface area contributed by atoms with E-state index in [1.54, 1.807) is 88.4 Å². The molecular formula is C55H84N16O17. The van der Waals surface area contributed by atoms with Crippen molar-refractivity contribution in [2.24, 2.45) is 34.0 Å². The van der Waals surface area contributed by atoms with Crippen LogP contribution in [0.15, 0.2) is 65.7 Å². The zero-order valence-corrected chi connectivity index (χ0v) is 49.4. The van der Waals surface area contributed by atoms with E-state index in [9.17, 15) is 77.6 Å². The molecule has 0 heterocycles. The number of benzene rings is 2. The fourth-order valence-electron chi connectivity index (χ4n) is 8.08. The fourth-order valence-corrected chi connectivity index (χ4v) is 8.08. The van der Waals surface area contributed by atoms with Crippen molar-refractivity contribution in [1.29, 1.82) is 0 Å². The van der Waals surface area contributed by atoms with Gasteiger partial charge < -0.3 is 101 Å². The first-order valence-electron chi connectivity index (χ1n) is 28.1. The Bertz CT molecular complexity index is 2700. The smallest absolute Gasteiger partial charge is 0.322 e. The number of nitrogens with zero attached hydrogens (tertiary/aromatic N) is 1. The third-order valence-electron chi connectivity index (χ3n) is 12.9. The van der Waals surface area contributed by atoms with Crippen LogP contribution < -0.4 is 81.0 Å². The minimum absolute atomic E-state index is 0.000293. The van der Waals surface area contributed by atoms with Gasteiger partial charge in [0.2, 0.25) is 70.9 Å². The summed E-state index contributed by atoms with van der Waals surface area (Å²) in [5, 5.41) is 67.4. The van der Waals surface area contributed by atoms with Crippen LogP contribution in [0.3, 0.4) is 0 Å². The van der Waals surface area contributed by atoms with E-state index in [0.717, 1.165) is 0 Å². The highest BCUT2D eigenvalue weighted by atomic mass is 16.4. The molecule has 0 radical (unpaired) electrons. The molecule has 0 aliphatic heterocycles. The predicted molar refractivity (Wildman–Crippen MR) is 315 cm³/mol. The zero-order chi connectivity index (χ0) is 65.9. The SMILES string of the molecule is CC[C@H](C)[C@H](NC(=O)CNC(=O)[C@H](Cc1ccccc1)NC(=O)CN)C(=O)N[C@@H](CO)C(=O)NCC(=O)N[C@@H](CC(C)C)C(=O)NCC(=O)N[C@@H](CO)C(=O)N[C@@H](CCCN=C(N)N)C(=O)N[C@@H](Cc1ccccc1)C(=O)N[C@@H](CO)C(=O)NCC(=O)O. The first-order chi connectivity index (χ1) is 41.7. The van der Waals surface area contributed by atoms with Crippen LogP contribution in [0.2, 0.25) is 0 Å². The highest BCUT2D eigenvalue weighted by Gasteiger charge is 2.34. The summed E-state index contributed by atoms with van der Waals surface area (Å²) in [4.78, 5) is 173. The Kier molecular flexibility index (Phi) is 34.1. The standard InChI is InChI=1S/C55H84N16O17/c1-5-31(4)46(71-44(78)25-61-48(82)36(64-41(75)22-56)20-32-13-8-6-9-14-32)54(88)70-39(28-73)49(83)62-23-42(76)65-35(19-30(2)3)47(81)60-24-43(77)66-40(29-74)53(87)67-34(17-12-18-59-55(57)58)51(85)68-37(21-33-15-10-7-11-16-33)52(86)69-38(27-72)50(84)63-26-45(79)80/h6-11,13-16,30-31,34-40,46,72-74H,5,12,17-29,56H2,1-4H3,(H,60,81)(H,61,82)(H,62,83)(H,63,84)(H,64,75)(H,65,76)(H,66,77)(H,67,87)(H,68,85)(H,69,86)(H,70,88)(H,71,78)(H,79,80)(H4,57,58,59)/t31-,34-,35-,36-,37-,38-,39-,40-,46-/m0/s1. The molecule has 0 aliphatic rings. The zero-order valence-electron chi connectivity index (χ0n) is 49.4. The second-order valence-electron chi connectivity index (χ2n) is 20.5. The first kappa shape index (κ1) is 74.8. The van der Waals surface area contributed by atoms with E-state index in [0.29, 0.717) is 17.5 Å². The van der Waals surface area contributed by atoms with E-state index in [2.05, 4.69) is 63.5 Å². The number of carbonyl (C=O) groups excluding carboxylic acids is 12. The Morgan fingerprint density at radius 1 is 0.466 bits per heavy atom. The monoisotopic (exact) mass is 1240 g/mol. The number of aliphatic hydroxyl groups excluding tert-OH is 3. The molecule has 0 aromatic heterocycles. The normalized spacial score (nSPS) is 13.9. The molecule has 486 valence electrons. The molecule has 0 spiro atoms. The number of carbonyl (C=O) groups is 13. The maximum absolute atomic E-state index is 14.0. The molecule has 0 bridgehead atoms. The Morgan fingerprint density at radius 2 is 0.841 bits per heavy atom. The summed E-state index contributed by atoms with van der Waals surface area (Å²) < 4.78 is 0. The number of amides is 12. The number of guanidine groups is 1. The first-order valence-corrected chi connectivity index (χ1v) is 28.1. The van der Waals surface area contributed by atoms with Crippen molar-refractivity contribution in [1.82, 2.24) is 63.8 Å². The Hall–Kier alpha value is -9.34.